The molecule has 2 heterocycles. The first kappa shape index (κ1) is 42.4. The zero-order chi connectivity index (χ0) is 50.1. The van der Waals surface area contributed by atoms with Crippen molar-refractivity contribution in [2.24, 2.45) is 0 Å². The molecule has 0 aliphatic rings. The van der Waals surface area contributed by atoms with Crippen LogP contribution in [0.5, 0.6) is 5.75 Å². The molecule has 66 heavy (non-hydrogen) atoms. The number of hydrogen-bond donors (Lipinski definition) is 1. The van der Waals surface area contributed by atoms with E-state index in [0.717, 1.165) is 66.8 Å². The van der Waals surface area contributed by atoms with Crippen LogP contribution in [0.15, 0.2) is 128 Å². The van der Waals surface area contributed by atoms with Crippen LogP contribution in [0.2, 0.25) is 0 Å². The highest BCUT2D eigenvalue weighted by Gasteiger charge is 2.26. The van der Waals surface area contributed by atoms with Crippen molar-refractivity contribution in [3.05, 3.63) is 166 Å². The second-order valence-corrected chi connectivity index (χ2v) is 22.1. The van der Waals surface area contributed by atoms with Crippen LogP contribution in [0.4, 0.5) is 0 Å². The van der Waals surface area contributed by atoms with Crippen molar-refractivity contribution in [3.8, 4) is 67.5 Å². The molecule has 0 bridgehead atoms. The number of nitrogens with zero attached hydrogens (tertiary/aromatic N) is 3. The van der Waals surface area contributed by atoms with Crippen molar-refractivity contribution in [1.29, 1.82) is 0 Å². The molecule has 0 saturated carbocycles. The molecule has 1 N–H and O–H groups in total. The lowest BCUT2D eigenvalue weighted by Crippen LogP contribution is -2.16. The van der Waals surface area contributed by atoms with Crippen LogP contribution in [0, 0.1) is 13.8 Å². The molecule has 0 atom stereocenters. The smallest absolute Gasteiger partial charge is 0.149 e. The molecule has 0 spiro atoms. The molecule has 8 aromatic rings. The van der Waals surface area contributed by atoms with Gasteiger partial charge in [-0.1, -0.05) is 168 Å². The summed E-state index contributed by atoms with van der Waals surface area (Å²) in [5.74, 6) is 0.796. The van der Waals surface area contributed by atoms with Gasteiger partial charge in [0.2, 0.25) is 0 Å². The molecule has 338 valence electrons. The molecule has 4 heteroatoms. The van der Waals surface area contributed by atoms with Crippen molar-refractivity contribution in [2.45, 2.75) is 132 Å². The average molecular weight is 875 g/mol. The third-order valence-electron chi connectivity index (χ3n) is 13.2. The number of benzene rings is 6. The Balaban J connectivity index is 1.43. The van der Waals surface area contributed by atoms with Gasteiger partial charge in [-0.3, -0.25) is 9.55 Å². The SMILES string of the molecule is [2H]C([2H])([2H])c1cc(-c2cc(C(C)(C)C)cc(C(C)(C)C)c2)ccc1-n1c(-c2cc(C(C)C)cc(C(C)C)c2O)nc2c(-c3cc(-c4cc(-c5ccc(C)cc5)ccn4)cc(C(C)(C)C)c3)cccc21. The maximum absolute atomic E-state index is 12.3. The molecule has 2 aromatic heterocycles. The van der Waals surface area contributed by atoms with Gasteiger partial charge in [-0.05, 0) is 152 Å². The van der Waals surface area contributed by atoms with E-state index in [-0.39, 0.29) is 39.4 Å². The molecule has 6 aromatic carbocycles. The number of para-hydroxylation sites is 1. The number of rotatable bonds is 8. The lowest BCUT2D eigenvalue weighted by Gasteiger charge is -2.26. The number of aromatic hydroxyl groups is 1. The normalized spacial score (nSPS) is 13.4. The Morgan fingerprint density at radius 3 is 1.79 bits per heavy atom. The van der Waals surface area contributed by atoms with Gasteiger partial charge in [0.05, 0.1) is 28.0 Å². The number of aryl methyl sites for hydroxylation is 2. The van der Waals surface area contributed by atoms with Gasteiger partial charge in [-0.15, -0.1) is 0 Å². The van der Waals surface area contributed by atoms with Gasteiger partial charge in [0.25, 0.3) is 0 Å². The Kier molecular flexibility index (Phi) is 11.0. The van der Waals surface area contributed by atoms with Crippen molar-refractivity contribution < 1.29 is 9.22 Å². The Hall–Kier alpha value is -6.26. The minimum absolute atomic E-state index is 0.0200. The average Bonchev–Trinajstić information content (AvgIpc) is 3.67. The zero-order valence-corrected chi connectivity index (χ0v) is 41.6. The molecule has 0 fully saturated rings. The summed E-state index contributed by atoms with van der Waals surface area (Å²) in [6.07, 6.45) is 1.88. The molecule has 0 radical (unpaired) electrons. The quantitative estimate of drug-likeness (QED) is 0.165. The van der Waals surface area contributed by atoms with Crippen LogP contribution < -0.4 is 0 Å². The van der Waals surface area contributed by atoms with E-state index in [9.17, 15) is 5.11 Å². The van der Waals surface area contributed by atoms with E-state index >= 15 is 0 Å². The van der Waals surface area contributed by atoms with Crippen LogP contribution in [0.25, 0.3) is 72.7 Å². The van der Waals surface area contributed by atoms with Gasteiger partial charge in [-0.25, -0.2) is 4.98 Å². The van der Waals surface area contributed by atoms with Gasteiger partial charge in [0, 0.05) is 21.4 Å². The van der Waals surface area contributed by atoms with Gasteiger partial charge in [0.15, 0.2) is 0 Å². The molecule has 0 aliphatic carbocycles. The number of imidazole rings is 1. The third kappa shape index (κ3) is 9.12. The van der Waals surface area contributed by atoms with Crippen molar-refractivity contribution >= 4 is 11.0 Å². The second-order valence-electron chi connectivity index (χ2n) is 22.1. The van der Waals surface area contributed by atoms with E-state index in [1.54, 1.807) is 0 Å². The van der Waals surface area contributed by atoms with Crippen molar-refractivity contribution in [3.63, 3.8) is 0 Å². The van der Waals surface area contributed by atoms with E-state index in [0.29, 0.717) is 22.6 Å². The van der Waals surface area contributed by atoms with Crippen molar-refractivity contribution in [2.75, 3.05) is 0 Å². The summed E-state index contributed by atoms with van der Waals surface area (Å²) >= 11 is 0. The van der Waals surface area contributed by atoms with Gasteiger partial charge < -0.3 is 5.11 Å². The summed E-state index contributed by atoms with van der Waals surface area (Å²) in [4.78, 5) is 10.5. The topological polar surface area (TPSA) is 50.9 Å². The van der Waals surface area contributed by atoms with Gasteiger partial charge in [-0.2, -0.15) is 0 Å². The van der Waals surface area contributed by atoms with E-state index in [4.69, 9.17) is 14.1 Å². The van der Waals surface area contributed by atoms with Crippen LogP contribution in [-0.2, 0) is 16.2 Å². The molecule has 0 aliphatic heterocycles. The second kappa shape index (κ2) is 17.2. The molecule has 8 rings (SSSR count). The largest absolute Gasteiger partial charge is 0.507 e. The Labute approximate surface area is 399 Å². The number of hydrogen-bond acceptors (Lipinski definition) is 3. The summed E-state index contributed by atoms with van der Waals surface area (Å²) in [5.41, 5.74) is 16.5. The molecule has 0 saturated heterocycles. The highest BCUT2D eigenvalue weighted by molar-refractivity contribution is 5.97. The molecular weight excluding hydrogens is 803 g/mol. The first-order chi connectivity index (χ1) is 32.2. The summed E-state index contributed by atoms with van der Waals surface area (Å²) in [6, 6.07) is 42.2. The predicted molar refractivity (Wildman–Crippen MR) is 281 cm³/mol. The third-order valence-corrected chi connectivity index (χ3v) is 13.2. The molecule has 0 amide bonds. The van der Waals surface area contributed by atoms with Crippen LogP contribution in [0.3, 0.4) is 0 Å². The summed E-state index contributed by atoms with van der Waals surface area (Å²) in [7, 11) is 0. The summed E-state index contributed by atoms with van der Waals surface area (Å²) in [6.45, 7) is 28.0. The standard InChI is InChI=1S/C62H69N3O/c1-37(2)44-33-52(38(3)4)58(66)53(34-44)59-64-57-51(46-28-47(32-48(31-46)60(7,8)9)54-35-43(25-26-63-54)41-21-19-39(5)20-22-41)17-16-18-56(57)65(59)55-24-23-42(27-40(55)6)45-29-49(61(10,11)12)36-50(30-45)62(13,14)15/h16-38,66H,1-15H3/i6D3. The summed E-state index contributed by atoms with van der Waals surface area (Å²) < 4.78 is 29.4. The fourth-order valence-corrected chi connectivity index (χ4v) is 8.83. The lowest BCUT2D eigenvalue weighted by molar-refractivity contribution is 0.466. The van der Waals surface area contributed by atoms with Crippen molar-refractivity contribution in [1.82, 2.24) is 14.5 Å². The fourth-order valence-electron chi connectivity index (χ4n) is 8.83. The zero-order valence-electron chi connectivity index (χ0n) is 44.6. The lowest BCUT2D eigenvalue weighted by atomic mass is 9.79. The monoisotopic (exact) mass is 875 g/mol. The maximum Gasteiger partial charge on any atom is 0.149 e. The molecule has 0 unspecified atom stereocenters. The highest BCUT2D eigenvalue weighted by Crippen LogP contribution is 2.44. The minimum Gasteiger partial charge on any atom is -0.507 e. The van der Waals surface area contributed by atoms with Crippen LogP contribution >= 0.6 is 0 Å². The highest BCUT2D eigenvalue weighted by atomic mass is 16.3. The minimum atomic E-state index is -2.51. The first-order valence-corrected chi connectivity index (χ1v) is 23.6. The van der Waals surface area contributed by atoms with Crippen LogP contribution in [-0.4, -0.2) is 19.6 Å². The van der Waals surface area contributed by atoms with E-state index in [2.05, 4.69) is 182 Å². The van der Waals surface area contributed by atoms with E-state index < -0.39 is 6.85 Å². The summed E-state index contributed by atoms with van der Waals surface area (Å²) in [5, 5.41) is 12.3. The van der Waals surface area contributed by atoms with Gasteiger partial charge >= 0.3 is 0 Å². The first-order valence-electron chi connectivity index (χ1n) is 25.1. The van der Waals surface area contributed by atoms with E-state index in [1.165, 1.54) is 16.7 Å². The Morgan fingerprint density at radius 2 is 1.17 bits per heavy atom. The van der Waals surface area contributed by atoms with Gasteiger partial charge in [0.1, 0.15) is 11.6 Å². The van der Waals surface area contributed by atoms with Crippen LogP contribution in [0.1, 0.15) is 145 Å². The Bertz CT molecular complexity index is 3190. The molecular formula is C62H69N3O. The number of aromatic nitrogens is 3. The number of pyridine rings is 1. The fraction of sp³-hybridized carbons (Fsp3) is 0.323. The number of fused-ring (bicyclic) bond motifs is 1. The predicted octanol–water partition coefficient (Wildman–Crippen LogP) is 17.2. The number of phenolic OH excluding ortho intramolecular Hbond substituents is 1. The number of phenols is 1. The van der Waals surface area contributed by atoms with E-state index in [1.807, 2.05) is 47.2 Å². The molecule has 4 nitrogen and oxygen atoms in total. The Morgan fingerprint density at radius 1 is 0.561 bits per heavy atom. The maximum atomic E-state index is 12.3.